The third-order valence-electron chi connectivity index (χ3n) is 3.52. The maximum absolute atomic E-state index is 12.6. The molecule has 0 heterocycles. The van der Waals surface area contributed by atoms with Gasteiger partial charge < -0.3 is 19.9 Å². The van der Waals surface area contributed by atoms with Crippen molar-refractivity contribution < 1.29 is 28.2 Å². The van der Waals surface area contributed by atoms with Crippen molar-refractivity contribution in [3.8, 4) is 11.5 Å². The predicted molar refractivity (Wildman–Crippen MR) is 89.4 cm³/mol. The molecule has 0 radical (unpaired) electrons. The average molecular weight is 351 g/mol. The molecule has 25 heavy (non-hydrogen) atoms. The molecular weight excluding hydrogens is 332 g/mol. The highest BCUT2D eigenvalue weighted by Gasteiger charge is 2.15. The van der Waals surface area contributed by atoms with Crippen LogP contribution in [0, 0.1) is 0 Å². The fourth-order valence-corrected chi connectivity index (χ4v) is 2.37. The number of alkyl halides is 2. The van der Waals surface area contributed by atoms with Crippen LogP contribution in [0.1, 0.15) is 17.5 Å². The standard InChI is InChI=1S/C18H19F2NO4/c1-24-15-7-3-5-13(17(15)25-18(19)20)11-21-14-6-2-4-12(10-14)8-9-16(22)23/h2-7,10,18,21H,8-9,11H2,1H3,(H,22,23). The quantitative estimate of drug-likeness (QED) is 0.717. The van der Waals surface area contributed by atoms with Gasteiger partial charge in [0, 0.05) is 24.2 Å². The van der Waals surface area contributed by atoms with Crippen molar-refractivity contribution in [2.45, 2.75) is 26.0 Å². The number of nitrogens with one attached hydrogen (secondary N) is 1. The van der Waals surface area contributed by atoms with Gasteiger partial charge >= 0.3 is 12.6 Å². The molecule has 0 spiro atoms. The molecule has 2 aromatic rings. The molecule has 0 bridgehead atoms. The summed E-state index contributed by atoms with van der Waals surface area (Å²) in [4.78, 5) is 10.7. The molecule has 5 nitrogen and oxygen atoms in total. The number of rotatable bonds is 9. The van der Waals surface area contributed by atoms with Crippen molar-refractivity contribution in [2.24, 2.45) is 0 Å². The number of hydrogen-bond acceptors (Lipinski definition) is 4. The van der Waals surface area contributed by atoms with E-state index in [1.807, 2.05) is 24.3 Å². The fourth-order valence-electron chi connectivity index (χ4n) is 2.37. The normalized spacial score (nSPS) is 10.6. The molecule has 0 saturated heterocycles. The maximum Gasteiger partial charge on any atom is 0.387 e. The number of aryl methyl sites for hydroxylation is 1. The molecular formula is C18H19F2NO4. The maximum atomic E-state index is 12.6. The summed E-state index contributed by atoms with van der Waals surface area (Å²) in [6.45, 7) is -2.70. The number of carbonyl (C=O) groups is 1. The number of aliphatic carboxylic acids is 1. The minimum Gasteiger partial charge on any atom is -0.493 e. The van der Waals surface area contributed by atoms with Crippen molar-refractivity contribution >= 4 is 11.7 Å². The molecule has 2 aromatic carbocycles. The number of carboxylic acid groups (broad SMARTS) is 1. The van der Waals surface area contributed by atoms with Gasteiger partial charge in [-0.05, 0) is 30.2 Å². The summed E-state index contributed by atoms with van der Waals surface area (Å²) in [6, 6.07) is 12.2. The van der Waals surface area contributed by atoms with E-state index in [-0.39, 0.29) is 24.5 Å². The van der Waals surface area contributed by atoms with E-state index < -0.39 is 12.6 Å². The zero-order chi connectivity index (χ0) is 18.2. The Hall–Kier alpha value is -2.83. The van der Waals surface area contributed by atoms with E-state index in [9.17, 15) is 13.6 Å². The average Bonchev–Trinajstić information content (AvgIpc) is 2.59. The van der Waals surface area contributed by atoms with Gasteiger partial charge in [0.25, 0.3) is 0 Å². The lowest BCUT2D eigenvalue weighted by Crippen LogP contribution is -2.08. The lowest BCUT2D eigenvalue weighted by Gasteiger charge is -2.15. The van der Waals surface area contributed by atoms with Gasteiger partial charge in [-0.25, -0.2) is 0 Å². The summed E-state index contributed by atoms with van der Waals surface area (Å²) in [5.41, 5.74) is 2.16. The number of halogens is 2. The first-order valence-electron chi connectivity index (χ1n) is 7.65. The van der Waals surface area contributed by atoms with Crippen molar-refractivity contribution in [1.82, 2.24) is 0 Å². The van der Waals surface area contributed by atoms with Crippen LogP contribution in [0.15, 0.2) is 42.5 Å². The monoisotopic (exact) mass is 351 g/mol. The molecule has 0 unspecified atom stereocenters. The molecule has 0 amide bonds. The van der Waals surface area contributed by atoms with Crippen LogP contribution in [0.25, 0.3) is 0 Å². The second kappa shape index (κ2) is 8.86. The Bertz CT molecular complexity index is 722. The van der Waals surface area contributed by atoms with E-state index in [0.29, 0.717) is 12.0 Å². The van der Waals surface area contributed by atoms with Crippen molar-refractivity contribution in [3.63, 3.8) is 0 Å². The van der Waals surface area contributed by atoms with Crippen LogP contribution in [-0.4, -0.2) is 24.8 Å². The Kier molecular flexibility index (Phi) is 6.56. The molecule has 134 valence electrons. The lowest BCUT2D eigenvalue weighted by atomic mass is 10.1. The van der Waals surface area contributed by atoms with Crippen LogP contribution in [0.5, 0.6) is 11.5 Å². The summed E-state index contributed by atoms with van der Waals surface area (Å²) >= 11 is 0. The van der Waals surface area contributed by atoms with Crippen LogP contribution >= 0.6 is 0 Å². The summed E-state index contributed by atoms with van der Waals surface area (Å²) in [7, 11) is 1.39. The molecule has 0 saturated carbocycles. The Labute approximate surface area is 144 Å². The smallest absolute Gasteiger partial charge is 0.387 e. The predicted octanol–water partition coefficient (Wildman–Crippen LogP) is 3.93. The van der Waals surface area contributed by atoms with Crippen molar-refractivity contribution in [3.05, 3.63) is 53.6 Å². The Morgan fingerprint density at radius 1 is 1.24 bits per heavy atom. The van der Waals surface area contributed by atoms with Crippen LogP contribution in [0.3, 0.4) is 0 Å². The Balaban J connectivity index is 2.10. The molecule has 0 fully saturated rings. The van der Waals surface area contributed by atoms with Gasteiger partial charge in [0.1, 0.15) is 0 Å². The largest absolute Gasteiger partial charge is 0.493 e. The summed E-state index contributed by atoms with van der Waals surface area (Å²) in [6.07, 6.45) is 0.468. The Morgan fingerprint density at radius 3 is 2.68 bits per heavy atom. The topological polar surface area (TPSA) is 67.8 Å². The first-order chi connectivity index (χ1) is 12.0. The number of ether oxygens (including phenoxy) is 2. The molecule has 2 N–H and O–H groups in total. The summed E-state index contributed by atoms with van der Waals surface area (Å²) in [5, 5.41) is 11.9. The molecule has 0 atom stereocenters. The van der Waals surface area contributed by atoms with E-state index in [4.69, 9.17) is 9.84 Å². The van der Waals surface area contributed by atoms with Gasteiger partial charge in [0.15, 0.2) is 11.5 Å². The molecule has 7 heteroatoms. The second-order valence-corrected chi connectivity index (χ2v) is 5.27. The zero-order valence-corrected chi connectivity index (χ0v) is 13.7. The minimum absolute atomic E-state index is 0.00506. The van der Waals surface area contributed by atoms with Gasteiger partial charge in [-0.1, -0.05) is 24.3 Å². The number of benzene rings is 2. The van der Waals surface area contributed by atoms with E-state index in [0.717, 1.165) is 11.3 Å². The summed E-state index contributed by atoms with van der Waals surface area (Å²) in [5.74, 6) is -0.632. The molecule has 2 rings (SSSR count). The third kappa shape index (κ3) is 5.63. The van der Waals surface area contributed by atoms with E-state index in [1.54, 1.807) is 18.2 Å². The molecule has 0 aliphatic rings. The van der Waals surface area contributed by atoms with E-state index in [2.05, 4.69) is 10.1 Å². The first kappa shape index (κ1) is 18.5. The van der Waals surface area contributed by atoms with Crippen LogP contribution in [0.4, 0.5) is 14.5 Å². The highest BCUT2D eigenvalue weighted by molar-refractivity contribution is 5.67. The first-order valence-corrected chi connectivity index (χ1v) is 7.65. The zero-order valence-electron chi connectivity index (χ0n) is 13.7. The van der Waals surface area contributed by atoms with E-state index in [1.165, 1.54) is 7.11 Å². The molecule has 0 aliphatic carbocycles. The van der Waals surface area contributed by atoms with Gasteiger partial charge in [0.05, 0.1) is 7.11 Å². The molecule has 0 aliphatic heterocycles. The highest BCUT2D eigenvalue weighted by atomic mass is 19.3. The number of hydrogen-bond donors (Lipinski definition) is 2. The van der Waals surface area contributed by atoms with Gasteiger partial charge in [-0.3, -0.25) is 4.79 Å². The number of carboxylic acids is 1. The van der Waals surface area contributed by atoms with Crippen LogP contribution in [0.2, 0.25) is 0 Å². The molecule has 0 aromatic heterocycles. The Morgan fingerprint density at radius 2 is 2.00 bits per heavy atom. The van der Waals surface area contributed by atoms with Crippen LogP contribution in [-0.2, 0) is 17.8 Å². The second-order valence-electron chi connectivity index (χ2n) is 5.27. The highest BCUT2D eigenvalue weighted by Crippen LogP contribution is 2.33. The fraction of sp³-hybridized carbons (Fsp3) is 0.278. The van der Waals surface area contributed by atoms with E-state index >= 15 is 0 Å². The summed E-state index contributed by atoms with van der Waals surface area (Å²) < 4.78 is 34.9. The number of anilines is 1. The SMILES string of the molecule is COc1cccc(CNc2cccc(CCC(=O)O)c2)c1OC(F)F. The van der Waals surface area contributed by atoms with Gasteiger partial charge in [-0.15, -0.1) is 0 Å². The lowest BCUT2D eigenvalue weighted by molar-refractivity contribution is -0.136. The van der Waals surface area contributed by atoms with Crippen molar-refractivity contribution in [1.29, 1.82) is 0 Å². The minimum atomic E-state index is -2.95. The number of para-hydroxylation sites is 1. The van der Waals surface area contributed by atoms with Crippen LogP contribution < -0.4 is 14.8 Å². The number of methoxy groups -OCH3 is 1. The van der Waals surface area contributed by atoms with Gasteiger partial charge in [0.2, 0.25) is 0 Å². The van der Waals surface area contributed by atoms with Crippen molar-refractivity contribution in [2.75, 3.05) is 12.4 Å². The van der Waals surface area contributed by atoms with Gasteiger partial charge in [-0.2, -0.15) is 8.78 Å². The third-order valence-corrected chi connectivity index (χ3v) is 3.52.